The predicted molar refractivity (Wildman–Crippen MR) is 75.5 cm³/mol. The van der Waals surface area contributed by atoms with E-state index in [4.69, 9.17) is 10.5 Å². The van der Waals surface area contributed by atoms with Gasteiger partial charge in [0.2, 0.25) is 0 Å². The van der Waals surface area contributed by atoms with Crippen LogP contribution in [0.5, 0.6) is 5.75 Å². The summed E-state index contributed by atoms with van der Waals surface area (Å²) in [6, 6.07) is 11.9. The number of amides is 2. The Morgan fingerprint density at radius 3 is 2.62 bits per heavy atom. The Morgan fingerprint density at radius 1 is 1.14 bits per heavy atom. The molecule has 3 N–H and O–H groups in total. The van der Waals surface area contributed by atoms with Crippen LogP contribution in [0.15, 0.2) is 48.5 Å². The first-order valence-corrected chi connectivity index (χ1v) is 6.13. The SMILES string of the molecule is NC(=O)COc1ccccc1C(=O)Nc1cccc(F)c1. The van der Waals surface area contributed by atoms with Crippen LogP contribution in [0.4, 0.5) is 10.1 Å². The van der Waals surface area contributed by atoms with Gasteiger partial charge in [0.1, 0.15) is 11.6 Å². The number of para-hydroxylation sites is 1. The van der Waals surface area contributed by atoms with Gasteiger partial charge < -0.3 is 15.8 Å². The second-order valence-electron chi connectivity index (χ2n) is 4.22. The minimum Gasteiger partial charge on any atom is -0.483 e. The summed E-state index contributed by atoms with van der Waals surface area (Å²) in [5.74, 6) is -1.34. The monoisotopic (exact) mass is 288 g/mol. The van der Waals surface area contributed by atoms with Crippen LogP contribution in [0.2, 0.25) is 0 Å². The van der Waals surface area contributed by atoms with Crippen molar-refractivity contribution >= 4 is 17.5 Å². The third-order valence-electron chi connectivity index (χ3n) is 2.58. The van der Waals surface area contributed by atoms with Crippen LogP contribution in [0.25, 0.3) is 0 Å². The molecule has 0 aliphatic heterocycles. The lowest BCUT2D eigenvalue weighted by Gasteiger charge is -2.10. The number of primary amides is 1. The van der Waals surface area contributed by atoms with Gasteiger partial charge in [0.15, 0.2) is 6.61 Å². The van der Waals surface area contributed by atoms with Crippen LogP contribution in [0.1, 0.15) is 10.4 Å². The zero-order valence-electron chi connectivity index (χ0n) is 11.0. The molecular formula is C15H13FN2O3. The highest BCUT2D eigenvalue weighted by Crippen LogP contribution is 2.20. The average molecular weight is 288 g/mol. The van der Waals surface area contributed by atoms with E-state index in [0.717, 1.165) is 0 Å². The highest BCUT2D eigenvalue weighted by atomic mass is 19.1. The number of halogens is 1. The molecule has 0 spiro atoms. The Balaban J connectivity index is 2.17. The quantitative estimate of drug-likeness (QED) is 0.882. The van der Waals surface area contributed by atoms with Crippen molar-refractivity contribution in [1.82, 2.24) is 0 Å². The Labute approximate surface area is 120 Å². The van der Waals surface area contributed by atoms with Gasteiger partial charge in [0, 0.05) is 5.69 Å². The van der Waals surface area contributed by atoms with Crippen LogP contribution in [0, 0.1) is 5.82 Å². The van der Waals surface area contributed by atoms with Crippen LogP contribution in [-0.4, -0.2) is 18.4 Å². The number of rotatable bonds is 5. The molecule has 108 valence electrons. The molecule has 2 aromatic carbocycles. The lowest BCUT2D eigenvalue weighted by atomic mass is 10.2. The molecule has 0 aliphatic carbocycles. The number of carbonyl (C=O) groups excluding carboxylic acids is 2. The predicted octanol–water partition coefficient (Wildman–Crippen LogP) is 1.94. The number of nitrogens with one attached hydrogen (secondary N) is 1. The van der Waals surface area contributed by atoms with Crippen LogP contribution < -0.4 is 15.8 Å². The zero-order valence-corrected chi connectivity index (χ0v) is 11.0. The van der Waals surface area contributed by atoms with Gasteiger partial charge >= 0.3 is 0 Å². The zero-order chi connectivity index (χ0) is 15.2. The molecule has 0 aliphatic rings. The number of nitrogens with two attached hydrogens (primary N) is 1. The topological polar surface area (TPSA) is 81.4 Å². The van der Waals surface area contributed by atoms with Gasteiger partial charge in [-0.25, -0.2) is 4.39 Å². The van der Waals surface area contributed by atoms with Crippen molar-refractivity contribution in [3.8, 4) is 5.75 Å². The Hall–Kier alpha value is -2.89. The largest absolute Gasteiger partial charge is 0.483 e. The van der Waals surface area contributed by atoms with Gasteiger partial charge in [-0.3, -0.25) is 9.59 Å². The van der Waals surface area contributed by atoms with Crippen molar-refractivity contribution in [3.05, 3.63) is 59.9 Å². The van der Waals surface area contributed by atoms with Gasteiger partial charge in [-0.15, -0.1) is 0 Å². The van der Waals surface area contributed by atoms with Crippen molar-refractivity contribution in [2.75, 3.05) is 11.9 Å². The standard InChI is InChI=1S/C15H13FN2O3/c16-10-4-3-5-11(8-10)18-15(20)12-6-1-2-7-13(12)21-9-14(17)19/h1-8H,9H2,(H2,17,19)(H,18,20). The number of anilines is 1. The van der Waals surface area contributed by atoms with E-state index in [1.165, 1.54) is 24.3 Å². The first-order chi connectivity index (χ1) is 10.1. The van der Waals surface area contributed by atoms with Gasteiger partial charge in [0.05, 0.1) is 5.56 Å². The fourth-order valence-corrected chi connectivity index (χ4v) is 1.69. The molecule has 0 atom stereocenters. The van der Waals surface area contributed by atoms with E-state index in [1.54, 1.807) is 24.3 Å². The second-order valence-corrected chi connectivity index (χ2v) is 4.22. The summed E-state index contributed by atoms with van der Waals surface area (Å²) in [7, 11) is 0. The van der Waals surface area contributed by atoms with E-state index in [1.807, 2.05) is 0 Å². The average Bonchev–Trinajstić information content (AvgIpc) is 2.45. The number of hydrogen-bond donors (Lipinski definition) is 2. The van der Waals surface area contributed by atoms with E-state index in [-0.39, 0.29) is 17.9 Å². The van der Waals surface area contributed by atoms with E-state index >= 15 is 0 Å². The molecule has 0 saturated carbocycles. The number of ether oxygens (including phenoxy) is 1. The maximum Gasteiger partial charge on any atom is 0.259 e. The number of benzene rings is 2. The van der Waals surface area contributed by atoms with Crippen molar-refractivity contribution in [3.63, 3.8) is 0 Å². The maximum atomic E-state index is 13.1. The summed E-state index contributed by atoms with van der Waals surface area (Å²) < 4.78 is 18.3. The Kier molecular flexibility index (Phi) is 4.50. The molecular weight excluding hydrogens is 275 g/mol. The molecule has 6 heteroatoms. The third kappa shape index (κ3) is 4.04. The first kappa shape index (κ1) is 14.5. The lowest BCUT2D eigenvalue weighted by molar-refractivity contribution is -0.119. The van der Waals surface area contributed by atoms with Crippen molar-refractivity contribution in [2.45, 2.75) is 0 Å². The van der Waals surface area contributed by atoms with Crippen molar-refractivity contribution < 1.29 is 18.7 Å². The minimum atomic E-state index is -0.643. The minimum absolute atomic E-state index is 0.225. The molecule has 2 rings (SSSR count). The van der Waals surface area contributed by atoms with Crippen molar-refractivity contribution in [2.24, 2.45) is 5.73 Å². The highest BCUT2D eigenvalue weighted by Gasteiger charge is 2.13. The van der Waals surface area contributed by atoms with E-state index in [9.17, 15) is 14.0 Å². The number of hydrogen-bond acceptors (Lipinski definition) is 3. The molecule has 2 amide bonds. The highest BCUT2D eigenvalue weighted by molar-refractivity contribution is 6.06. The van der Waals surface area contributed by atoms with Gasteiger partial charge in [0.25, 0.3) is 11.8 Å². The molecule has 5 nitrogen and oxygen atoms in total. The second kappa shape index (κ2) is 6.51. The normalized spacial score (nSPS) is 9.95. The molecule has 0 aromatic heterocycles. The van der Waals surface area contributed by atoms with E-state index < -0.39 is 17.6 Å². The van der Waals surface area contributed by atoms with Gasteiger partial charge in [-0.05, 0) is 30.3 Å². The van der Waals surface area contributed by atoms with Crippen LogP contribution in [-0.2, 0) is 4.79 Å². The smallest absolute Gasteiger partial charge is 0.259 e. The van der Waals surface area contributed by atoms with Crippen LogP contribution >= 0.6 is 0 Å². The lowest BCUT2D eigenvalue weighted by Crippen LogP contribution is -2.21. The fraction of sp³-hybridized carbons (Fsp3) is 0.0667. The molecule has 0 radical (unpaired) electrons. The summed E-state index contributed by atoms with van der Waals surface area (Å²) in [6.07, 6.45) is 0. The third-order valence-corrected chi connectivity index (χ3v) is 2.58. The summed E-state index contributed by atoms with van der Waals surface area (Å²) in [5.41, 5.74) is 5.55. The molecule has 0 bridgehead atoms. The summed E-state index contributed by atoms with van der Waals surface area (Å²) in [6.45, 7) is -0.329. The first-order valence-electron chi connectivity index (χ1n) is 6.13. The Morgan fingerprint density at radius 2 is 1.90 bits per heavy atom. The molecule has 21 heavy (non-hydrogen) atoms. The molecule has 0 unspecified atom stereocenters. The summed E-state index contributed by atoms with van der Waals surface area (Å²) >= 11 is 0. The maximum absolute atomic E-state index is 13.1. The summed E-state index contributed by atoms with van der Waals surface area (Å²) in [5, 5.41) is 2.55. The van der Waals surface area contributed by atoms with E-state index in [2.05, 4.69) is 5.32 Å². The molecule has 2 aromatic rings. The molecule has 0 fully saturated rings. The van der Waals surface area contributed by atoms with Crippen LogP contribution in [0.3, 0.4) is 0 Å². The van der Waals surface area contributed by atoms with Crippen molar-refractivity contribution in [1.29, 1.82) is 0 Å². The molecule has 0 heterocycles. The molecule has 0 saturated heterocycles. The van der Waals surface area contributed by atoms with Gasteiger partial charge in [-0.1, -0.05) is 18.2 Å². The number of carbonyl (C=O) groups is 2. The summed E-state index contributed by atoms with van der Waals surface area (Å²) in [4.78, 5) is 22.9. The Bertz CT molecular complexity index is 673. The fourth-order valence-electron chi connectivity index (χ4n) is 1.69. The van der Waals surface area contributed by atoms with E-state index in [0.29, 0.717) is 5.69 Å². The van der Waals surface area contributed by atoms with Gasteiger partial charge in [-0.2, -0.15) is 0 Å².